The van der Waals surface area contributed by atoms with Crippen molar-refractivity contribution in [3.63, 3.8) is 0 Å². The maximum atomic E-state index is 13.5. The summed E-state index contributed by atoms with van der Waals surface area (Å²) in [5, 5.41) is 0.602. The first-order chi connectivity index (χ1) is 16.3. The SMILES string of the molecule is CCOC(=O)C1=C(C)N=c2s/c(=C\c3ccc(Cl)cc3)c(=O)n2C1c1ccc(OC(C)=O)cc1. The van der Waals surface area contributed by atoms with Crippen LogP contribution in [-0.4, -0.2) is 23.1 Å². The van der Waals surface area contributed by atoms with Crippen LogP contribution in [0, 0.1) is 0 Å². The highest BCUT2D eigenvalue weighted by Gasteiger charge is 2.33. The van der Waals surface area contributed by atoms with E-state index in [9.17, 15) is 14.4 Å². The lowest BCUT2D eigenvalue weighted by atomic mass is 9.96. The van der Waals surface area contributed by atoms with Gasteiger partial charge in [0.15, 0.2) is 4.80 Å². The molecule has 7 nitrogen and oxygen atoms in total. The minimum absolute atomic E-state index is 0.189. The molecule has 1 aliphatic rings. The maximum absolute atomic E-state index is 13.5. The van der Waals surface area contributed by atoms with Crippen molar-refractivity contribution < 1.29 is 19.1 Å². The molecule has 0 saturated carbocycles. The molecule has 4 rings (SSSR count). The molecule has 2 heterocycles. The van der Waals surface area contributed by atoms with Crippen LogP contribution in [0.2, 0.25) is 5.02 Å². The van der Waals surface area contributed by atoms with Gasteiger partial charge in [-0.3, -0.25) is 14.2 Å². The van der Waals surface area contributed by atoms with E-state index in [-0.39, 0.29) is 17.7 Å². The first kappa shape index (κ1) is 23.7. The largest absolute Gasteiger partial charge is 0.463 e. The molecule has 2 aromatic carbocycles. The number of hydrogen-bond donors (Lipinski definition) is 0. The smallest absolute Gasteiger partial charge is 0.338 e. The molecule has 1 aliphatic heterocycles. The molecule has 1 atom stereocenters. The third-order valence-electron chi connectivity index (χ3n) is 5.14. The number of halogens is 1. The second-order valence-corrected chi connectivity index (χ2v) is 8.96. The molecule has 1 aromatic heterocycles. The van der Waals surface area contributed by atoms with Crippen molar-refractivity contribution in [2.24, 2.45) is 4.99 Å². The van der Waals surface area contributed by atoms with Gasteiger partial charge < -0.3 is 9.47 Å². The normalized spacial score (nSPS) is 15.5. The van der Waals surface area contributed by atoms with Crippen molar-refractivity contribution in [1.82, 2.24) is 4.57 Å². The summed E-state index contributed by atoms with van der Waals surface area (Å²) in [6.07, 6.45) is 1.77. The van der Waals surface area contributed by atoms with Gasteiger partial charge in [-0.25, -0.2) is 9.79 Å². The second kappa shape index (κ2) is 9.79. The van der Waals surface area contributed by atoms with Gasteiger partial charge in [-0.2, -0.15) is 0 Å². The molecule has 9 heteroatoms. The Kier molecular flexibility index (Phi) is 6.81. The van der Waals surface area contributed by atoms with Gasteiger partial charge in [0.05, 0.1) is 28.5 Å². The zero-order valence-electron chi connectivity index (χ0n) is 18.7. The Labute approximate surface area is 204 Å². The summed E-state index contributed by atoms with van der Waals surface area (Å²) in [4.78, 5) is 42.7. The number of hydrogen-bond acceptors (Lipinski definition) is 7. The number of rotatable bonds is 5. The fourth-order valence-corrected chi connectivity index (χ4v) is 4.87. The number of carbonyl (C=O) groups is 2. The summed E-state index contributed by atoms with van der Waals surface area (Å²) in [6, 6.07) is 13.1. The number of nitrogens with zero attached hydrogens (tertiary/aromatic N) is 2. The quantitative estimate of drug-likeness (QED) is 0.399. The highest BCUT2D eigenvalue weighted by Crippen LogP contribution is 2.31. The molecule has 0 bridgehead atoms. The Balaban J connectivity index is 1.89. The van der Waals surface area contributed by atoms with Crippen LogP contribution in [0.4, 0.5) is 0 Å². The van der Waals surface area contributed by atoms with Crippen LogP contribution in [0.15, 0.2) is 69.6 Å². The Morgan fingerprint density at radius 2 is 1.82 bits per heavy atom. The number of benzene rings is 2. The van der Waals surface area contributed by atoms with E-state index < -0.39 is 18.0 Å². The molecule has 0 spiro atoms. The minimum atomic E-state index is -0.742. The minimum Gasteiger partial charge on any atom is -0.463 e. The average Bonchev–Trinajstić information content (AvgIpc) is 3.09. The summed E-state index contributed by atoms with van der Waals surface area (Å²) in [6.45, 7) is 4.95. The number of carbonyl (C=O) groups excluding carboxylic acids is 2. The molecule has 0 saturated heterocycles. The van der Waals surface area contributed by atoms with E-state index in [0.717, 1.165) is 5.56 Å². The summed E-state index contributed by atoms with van der Waals surface area (Å²) in [5.74, 6) is -0.611. The molecule has 0 fully saturated rings. The number of aromatic nitrogens is 1. The van der Waals surface area contributed by atoms with E-state index in [1.165, 1.54) is 22.8 Å². The summed E-state index contributed by atoms with van der Waals surface area (Å²) >= 11 is 7.21. The zero-order valence-corrected chi connectivity index (χ0v) is 20.3. The van der Waals surface area contributed by atoms with Crippen LogP contribution < -0.4 is 19.6 Å². The molecule has 3 aromatic rings. The first-order valence-electron chi connectivity index (χ1n) is 10.5. The van der Waals surface area contributed by atoms with Crippen molar-refractivity contribution in [3.8, 4) is 5.75 Å². The zero-order chi connectivity index (χ0) is 24.4. The van der Waals surface area contributed by atoms with Crippen molar-refractivity contribution in [2.45, 2.75) is 26.8 Å². The second-order valence-electron chi connectivity index (χ2n) is 7.52. The molecule has 0 amide bonds. The lowest BCUT2D eigenvalue weighted by molar-refractivity contribution is -0.139. The van der Waals surface area contributed by atoms with Gasteiger partial charge in [-0.05, 0) is 55.3 Å². The van der Waals surface area contributed by atoms with E-state index in [1.807, 2.05) is 12.1 Å². The van der Waals surface area contributed by atoms with Gasteiger partial charge in [0.1, 0.15) is 5.75 Å². The van der Waals surface area contributed by atoms with E-state index >= 15 is 0 Å². The lowest BCUT2D eigenvalue weighted by Crippen LogP contribution is -2.39. The topological polar surface area (TPSA) is 87.0 Å². The molecule has 1 unspecified atom stereocenters. The third kappa shape index (κ3) is 4.73. The van der Waals surface area contributed by atoms with Crippen molar-refractivity contribution in [1.29, 1.82) is 0 Å². The number of thiazole rings is 1. The van der Waals surface area contributed by atoms with E-state index in [0.29, 0.717) is 31.4 Å². The molecular weight excluding hydrogens is 476 g/mol. The molecular formula is C25H21ClN2O5S. The molecule has 0 radical (unpaired) electrons. The summed E-state index contributed by atoms with van der Waals surface area (Å²) < 4.78 is 12.4. The van der Waals surface area contributed by atoms with Gasteiger partial charge in [0.2, 0.25) is 0 Å². The van der Waals surface area contributed by atoms with Crippen LogP contribution in [0.3, 0.4) is 0 Å². The van der Waals surface area contributed by atoms with E-state index in [2.05, 4.69) is 4.99 Å². The number of fused-ring (bicyclic) bond motifs is 1. The Hall–Kier alpha value is -3.49. The van der Waals surface area contributed by atoms with Gasteiger partial charge in [0.25, 0.3) is 5.56 Å². The average molecular weight is 497 g/mol. The maximum Gasteiger partial charge on any atom is 0.338 e. The molecule has 0 aliphatic carbocycles. The van der Waals surface area contributed by atoms with Crippen molar-refractivity contribution in [2.75, 3.05) is 6.61 Å². The number of ether oxygens (including phenoxy) is 2. The Morgan fingerprint density at radius 3 is 2.44 bits per heavy atom. The van der Waals surface area contributed by atoms with Gasteiger partial charge >= 0.3 is 11.9 Å². The predicted molar refractivity (Wildman–Crippen MR) is 130 cm³/mol. The van der Waals surface area contributed by atoms with Gasteiger partial charge in [0, 0.05) is 11.9 Å². The van der Waals surface area contributed by atoms with Crippen LogP contribution in [0.1, 0.15) is 37.9 Å². The highest BCUT2D eigenvalue weighted by molar-refractivity contribution is 7.07. The summed E-state index contributed by atoms with van der Waals surface area (Å²) in [7, 11) is 0. The number of allylic oxidation sites excluding steroid dienone is 1. The Morgan fingerprint density at radius 1 is 1.15 bits per heavy atom. The first-order valence-corrected chi connectivity index (χ1v) is 11.7. The van der Waals surface area contributed by atoms with Crippen molar-refractivity contribution in [3.05, 3.63) is 95.6 Å². The third-order valence-corrected chi connectivity index (χ3v) is 6.38. The van der Waals surface area contributed by atoms with Gasteiger partial charge in [-0.1, -0.05) is 47.2 Å². The summed E-state index contributed by atoms with van der Waals surface area (Å²) in [5.41, 5.74) is 1.96. The molecule has 34 heavy (non-hydrogen) atoms. The van der Waals surface area contributed by atoms with Crippen molar-refractivity contribution >= 4 is 41.0 Å². The lowest BCUT2D eigenvalue weighted by Gasteiger charge is -2.24. The fraction of sp³-hybridized carbons (Fsp3) is 0.200. The number of esters is 2. The predicted octanol–water partition coefficient (Wildman–Crippen LogP) is 3.38. The monoisotopic (exact) mass is 496 g/mol. The molecule has 0 N–H and O–H groups in total. The van der Waals surface area contributed by atoms with E-state index in [1.54, 1.807) is 56.3 Å². The van der Waals surface area contributed by atoms with Crippen LogP contribution in [-0.2, 0) is 14.3 Å². The van der Waals surface area contributed by atoms with Gasteiger partial charge in [-0.15, -0.1) is 0 Å². The highest BCUT2D eigenvalue weighted by atomic mass is 35.5. The standard InChI is InChI=1S/C25H21ClN2O5S/c1-4-32-24(31)21-14(2)27-25-28(22(21)17-7-11-19(12-8-17)33-15(3)29)23(30)20(34-25)13-16-5-9-18(26)10-6-16/h5-13,22H,4H2,1-3H3/b20-13-. The molecule has 174 valence electrons. The Bertz CT molecular complexity index is 1470. The van der Waals surface area contributed by atoms with Crippen LogP contribution in [0.25, 0.3) is 6.08 Å². The fourth-order valence-electron chi connectivity index (χ4n) is 3.70. The van der Waals surface area contributed by atoms with Crippen LogP contribution in [0.5, 0.6) is 5.75 Å². The van der Waals surface area contributed by atoms with Crippen LogP contribution >= 0.6 is 22.9 Å². The van der Waals surface area contributed by atoms with E-state index in [4.69, 9.17) is 21.1 Å².